The predicted molar refractivity (Wildman–Crippen MR) is 101 cm³/mol. The third-order valence-corrected chi connectivity index (χ3v) is 5.30. The largest absolute Gasteiger partial charge is 0.508 e. The molecule has 0 saturated carbocycles. The number of aromatic hydroxyl groups is 1. The van der Waals surface area contributed by atoms with Gasteiger partial charge in [-0.15, -0.1) is 0 Å². The van der Waals surface area contributed by atoms with Crippen molar-refractivity contribution in [1.29, 1.82) is 5.26 Å². The Kier molecular flexibility index (Phi) is 3.42. The number of aromatic nitrogens is 3. The first kappa shape index (κ1) is 15.9. The van der Waals surface area contributed by atoms with Crippen molar-refractivity contribution >= 4 is 5.82 Å². The van der Waals surface area contributed by atoms with E-state index in [2.05, 4.69) is 16.4 Å². The number of pyridine rings is 1. The molecule has 1 aliphatic carbocycles. The number of benzene rings is 1. The first-order chi connectivity index (χ1) is 13.2. The van der Waals surface area contributed by atoms with Crippen LogP contribution in [-0.2, 0) is 19.5 Å². The van der Waals surface area contributed by atoms with Crippen LogP contribution in [0.4, 0.5) is 5.82 Å². The Morgan fingerprint density at radius 1 is 1.30 bits per heavy atom. The molecule has 2 aliphatic rings. The lowest BCUT2D eigenvalue weighted by atomic mass is 9.97. The second-order valence-corrected chi connectivity index (χ2v) is 6.98. The second kappa shape index (κ2) is 5.83. The number of nitrogens with zero attached hydrogens (tertiary/aromatic N) is 4. The van der Waals surface area contributed by atoms with E-state index in [0.29, 0.717) is 12.0 Å². The molecule has 7 nitrogen and oxygen atoms in total. The van der Waals surface area contributed by atoms with Crippen molar-refractivity contribution in [3.8, 4) is 34.3 Å². The Bertz CT molecular complexity index is 1100. The van der Waals surface area contributed by atoms with Gasteiger partial charge in [-0.05, 0) is 48.4 Å². The molecule has 0 amide bonds. The van der Waals surface area contributed by atoms with Crippen LogP contribution in [-0.4, -0.2) is 26.4 Å². The topological polar surface area (TPSA) is 113 Å². The van der Waals surface area contributed by atoms with Gasteiger partial charge < -0.3 is 16.2 Å². The van der Waals surface area contributed by atoms with Crippen LogP contribution in [0, 0.1) is 11.3 Å². The molecule has 1 aromatic carbocycles. The van der Waals surface area contributed by atoms with E-state index in [-0.39, 0.29) is 11.6 Å². The molecule has 1 aliphatic heterocycles. The number of nitriles is 1. The quantitative estimate of drug-likeness (QED) is 0.481. The third kappa shape index (κ3) is 2.38. The first-order valence-electron chi connectivity index (χ1n) is 8.98. The summed E-state index contributed by atoms with van der Waals surface area (Å²) in [6.07, 6.45) is 1.61. The second-order valence-electron chi connectivity index (χ2n) is 6.98. The molecular formula is C20H18N6O. The number of anilines is 1. The molecule has 3 heterocycles. The van der Waals surface area contributed by atoms with Gasteiger partial charge in [0, 0.05) is 30.6 Å². The molecule has 0 bridgehead atoms. The van der Waals surface area contributed by atoms with Gasteiger partial charge in [-0.25, -0.2) is 4.98 Å². The summed E-state index contributed by atoms with van der Waals surface area (Å²) in [5.74, 6) is 0.435. The number of fused-ring (bicyclic) bond motifs is 4. The number of nitrogen functional groups attached to an aromatic ring is 1. The summed E-state index contributed by atoms with van der Waals surface area (Å²) in [6, 6.07) is 9.50. The van der Waals surface area contributed by atoms with Crippen LogP contribution in [0.5, 0.6) is 5.75 Å². The molecule has 4 N–H and O–H groups in total. The highest BCUT2D eigenvalue weighted by molar-refractivity contribution is 5.87. The Hall–Kier alpha value is -3.37. The Balaban J connectivity index is 1.74. The SMILES string of the molecule is N#Cc1c(N)nc2c(c1-c1cc3n(n1)CCCNC3)Cc1cc(O)ccc1-2. The average Bonchev–Trinajstić information content (AvgIpc) is 3.13. The molecule has 5 rings (SSSR count). The van der Waals surface area contributed by atoms with E-state index in [9.17, 15) is 10.4 Å². The van der Waals surface area contributed by atoms with Gasteiger partial charge in [0.1, 0.15) is 23.2 Å². The molecule has 27 heavy (non-hydrogen) atoms. The number of aryl methyl sites for hydroxylation is 1. The Morgan fingerprint density at radius 2 is 2.19 bits per heavy atom. The lowest BCUT2D eigenvalue weighted by Gasteiger charge is -2.10. The minimum atomic E-state index is 0.216. The molecule has 7 heteroatoms. The minimum Gasteiger partial charge on any atom is -0.508 e. The van der Waals surface area contributed by atoms with Gasteiger partial charge in [-0.2, -0.15) is 10.4 Å². The van der Waals surface area contributed by atoms with Gasteiger partial charge in [-0.3, -0.25) is 4.68 Å². The van der Waals surface area contributed by atoms with Gasteiger partial charge in [0.2, 0.25) is 0 Å². The van der Waals surface area contributed by atoms with Crippen LogP contribution in [0.25, 0.3) is 22.5 Å². The molecule has 0 radical (unpaired) electrons. The highest BCUT2D eigenvalue weighted by atomic mass is 16.3. The summed E-state index contributed by atoms with van der Waals surface area (Å²) in [4.78, 5) is 4.51. The number of hydrogen-bond donors (Lipinski definition) is 3. The molecule has 0 spiro atoms. The molecule has 2 aromatic heterocycles. The summed E-state index contributed by atoms with van der Waals surface area (Å²) in [7, 11) is 0. The van der Waals surface area contributed by atoms with Gasteiger partial charge in [0.25, 0.3) is 0 Å². The summed E-state index contributed by atoms with van der Waals surface area (Å²) >= 11 is 0. The summed E-state index contributed by atoms with van der Waals surface area (Å²) in [5, 5.41) is 27.7. The van der Waals surface area contributed by atoms with Crippen molar-refractivity contribution in [3.05, 3.63) is 46.6 Å². The van der Waals surface area contributed by atoms with Gasteiger partial charge in [0.15, 0.2) is 0 Å². The number of nitrogens with two attached hydrogens (primary N) is 1. The highest BCUT2D eigenvalue weighted by Gasteiger charge is 2.29. The van der Waals surface area contributed by atoms with Crippen LogP contribution in [0.2, 0.25) is 0 Å². The summed E-state index contributed by atoms with van der Waals surface area (Å²) in [5.41, 5.74) is 12.8. The van der Waals surface area contributed by atoms with Crippen LogP contribution >= 0.6 is 0 Å². The lowest BCUT2D eigenvalue weighted by Crippen LogP contribution is -2.11. The maximum absolute atomic E-state index is 9.83. The van der Waals surface area contributed by atoms with E-state index in [0.717, 1.165) is 65.4 Å². The zero-order chi connectivity index (χ0) is 18.5. The molecule has 3 aromatic rings. The van der Waals surface area contributed by atoms with E-state index in [1.165, 1.54) is 0 Å². The van der Waals surface area contributed by atoms with E-state index in [4.69, 9.17) is 10.8 Å². The number of phenolic OH excluding ortho intramolecular Hbond substituents is 1. The number of phenols is 1. The van der Waals surface area contributed by atoms with Crippen LogP contribution in [0.15, 0.2) is 24.3 Å². The van der Waals surface area contributed by atoms with Crippen molar-refractivity contribution in [3.63, 3.8) is 0 Å². The fraction of sp³-hybridized carbons (Fsp3) is 0.250. The fourth-order valence-corrected chi connectivity index (χ4v) is 4.06. The fourth-order valence-electron chi connectivity index (χ4n) is 4.06. The number of rotatable bonds is 1. The van der Waals surface area contributed by atoms with Crippen LogP contribution in [0.1, 0.15) is 28.8 Å². The Morgan fingerprint density at radius 3 is 3.04 bits per heavy atom. The van der Waals surface area contributed by atoms with Crippen molar-refractivity contribution in [2.75, 3.05) is 12.3 Å². The van der Waals surface area contributed by atoms with E-state index < -0.39 is 0 Å². The molecular weight excluding hydrogens is 340 g/mol. The van der Waals surface area contributed by atoms with Crippen molar-refractivity contribution < 1.29 is 5.11 Å². The van der Waals surface area contributed by atoms with Crippen LogP contribution in [0.3, 0.4) is 0 Å². The maximum atomic E-state index is 9.83. The van der Waals surface area contributed by atoms with E-state index >= 15 is 0 Å². The average molecular weight is 358 g/mol. The van der Waals surface area contributed by atoms with E-state index in [1.54, 1.807) is 12.1 Å². The number of nitrogens with one attached hydrogen (secondary N) is 1. The van der Waals surface area contributed by atoms with Crippen molar-refractivity contribution in [2.24, 2.45) is 0 Å². The van der Waals surface area contributed by atoms with Gasteiger partial charge in [0.05, 0.1) is 17.1 Å². The molecule has 134 valence electrons. The molecule has 0 atom stereocenters. The maximum Gasteiger partial charge on any atom is 0.142 e. The van der Waals surface area contributed by atoms with Gasteiger partial charge in [-0.1, -0.05) is 0 Å². The third-order valence-electron chi connectivity index (χ3n) is 5.30. The molecule has 0 fully saturated rings. The monoisotopic (exact) mass is 358 g/mol. The molecule has 0 unspecified atom stereocenters. The zero-order valence-electron chi connectivity index (χ0n) is 14.7. The van der Waals surface area contributed by atoms with Crippen molar-refractivity contribution in [1.82, 2.24) is 20.1 Å². The minimum absolute atomic E-state index is 0.216. The van der Waals surface area contributed by atoms with Crippen LogP contribution < -0.4 is 11.1 Å². The lowest BCUT2D eigenvalue weighted by molar-refractivity contribution is 0.475. The highest BCUT2D eigenvalue weighted by Crippen LogP contribution is 2.44. The Labute approximate surface area is 156 Å². The van der Waals surface area contributed by atoms with Gasteiger partial charge >= 0.3 is 0 Å². The molecule has 0 saturated heterocycles. The first-order valence-corrected chi connectivity index (χ1v) is 8.98. The summed E-state index contributed by atoms with van der Waals surface area (Å²) < 4.78 is 2.01. The zero-order valence-corrected chi connectivity index (χ0v) is 14.7. The van der Waals surface area contributed by atoms with Crippen molar-refractivity contribution in [2.45, 2.75) is 25.9 Å². The predicted octanol–water partition coefficient (Wildman–Crippen LogP) is 2.17. The normalized spacial score (nSPS) is 14.8. The summed E-state index contributed by atoms with van der Waals surface area (Å²) in [6.45, 7) is 2.57. The van der Waals surface area contributed by atoms with E-state index in [1.807, 2.05) is 16.8 Å². The number of hydrogen-bond acceptors (Lipinski definition) is 6. The standard InChI is InChI=1S/C20H18N6O/c21-9-16-18(17-8-12-10-23-4-1-5-26(12)25-17)15-7-11-6-13(27)2-3-14(11)19(15)24-20(16)22/h2-3,6,8,23,27H,1,4-5,7,10H2,(H2,22,24). The smallest absolute Gasteiger partial charge is 0.142 e.